The highest BCUT2D eigenvalue weighted by atomic mass is 16.5. The summed E-state index contributed by atoms with van der Waals surface area (Å²) in [7, 11) is 0. The Kier molecular flexibility index (Phi) is 6.26. The van der Waals surface area contributed by atoms with Crippen LogP contribution in [-0.4, -0.2) is 18.0 Å². The lowest BCUT2D eigenvalue weighted by molar-refractivity contribution is 0.112. The third-order valence-electron chi connectivity index (χ3n) is 3.14. The van der Waals surface area contributed by atoms with Crippen molar-refractivity contribution in [3.63, 3.8) is 0 Å². The van der Waals surface area contributed by atoms with Gasteiger partial charge in [0.25, 0.3) is 0 Å². The maximum Gasteiger partial charge on any atom is 0.160 e. The first-order valence-corrected chi connectivity index (χ1v) is 6.62. The number of hydrogen-bond donors (Lipinski definition) is 1. The Morgan fingerprint density at radius 2 is 2.17 bits per heavy atom. The number of hydrogen-bond acceptors (Lipinski definition) is 3. The molecule has 1 unspecified atom stereocenters. The Balaban J connectivity index is 2.53. The molecule has 0 fully saturated rings. The summed E-state index contributed by atoms with van der Waals surface area (Å²) in [5.41, 5.74) is 0.456. The van der Waals surface area contributed by atoms with Crippen molar-refractivity contribution in [3.8, 4) is 11.5 Å². The van der Waals surface area contributed by atoms with Crippen LogP contribution in [-0.2, 0) is 0 Å². The monoisotopic (exact) mass is 250 g/mol. The first-order chi connectivity index (χ1) is 8.71. The van der Waals surface area contributed by atoms with Crippen molar-refractivity contribution < 1.29 is 14.6 Å². The number of rotatable bonds is 8. The summed E-state index contributed by atoms with van der Waals surface area (Å²) < 4.78 is 5.62. The number of ether oxygens (including phenoxy) is 1. The third kappa shape index (κ3) is 4.40. The van der Waals surface area contributed by atoms with Gasteiger partial charge in [-0.25, -0.2) is 0 Å². The Bertz CT molecular complexity index is 374. The molecule has 3 heteroatoms. The van der Waals surface area contributed by atoms with Gasteiger partial charge in [0.05, 0.1) is 6.61 Å². The van der Waals surface area contributed by atoms with Crippen molar-refractivity contribution in [1.29, 1.82) is 0 Å². The van der Waals surface area contributed by atoms with Gasteiger partial charge in [-0.3, -0.25) is 4.79 Å². The quantitative estimate of drug-likeness (QED) is 0.714. The van der Waals surface area contributed by atoms with E-state index in [2.05, 4.69) is 13.8 Å². The predicted molar refractivity (Wildman–Crippen MR) is 72.3 cm³/mol. The fourth-order valence-electron chi connectivity index (χ4n) is 1.84. The van der Waals surface area contributed by atoms with E-state index in [0.717, 1.165) is 12.8 Å². The molecule has 0 aliphatic rings. The SMILES string of the molecule is CCCCC(CC)COc1ccc(C=O)cc1O. The Morgan fingerprint density at radius 1 is 1.39 bits per heavy atom. The summed E-state index contributed by atoms with van der Waals surface area (Å²) in [6.45, 7) is 4.95. The van der Waals surface area contributed by atoms with Crippen LogP contribution in [0.5, 0.6) is 11.5 Å². The molecule has 0 radical (unpaired) electrons. The van der Waals surface area contributed by atoms with Crippen LogP contribution in [0.25, 0.3) is 0 Å². The van der Waals surface area contributed by atoms with Crippen molar-refractivity contribution in [1.82, 2.24) is 0 Å². The van der Waals surface area contributed by atoms with Gasteiger partial charge in [-0.15, -0.1) is 0 Å². The van der Waals surface area contributed by atoms with E-state index in [9.17, 15) is 9.90 Å². The molecule has 0 saturated heterocycles. The number of aromatic hydroxyl groups is 1. The highest BCUT2D eigenvalue weighted by molar-refractivity contribution is 5.76. The second-order valence-corrected chi connectivity index (χ2v) is 4.57. The van der Waals surface area contributed by atoms with E-state index in [-0.39, 0.29) is 5.75 Å². The number of benzene rings is 1. The standard InChI is InChI=1S/C15H22O3/c1-3-5-6-12(4-2)11-18-15-8-7-13(10-16)9-14(15)17/h7-10,12,17H,3-6,11H2,1-2H3. The maximum atomic E-state index is 10.5. The van der Waals surface area contributed by atoms with Gasteiger partial charge in [0, 0.05) is 5.56 Å². The molecule has 0 saturated carbocycles. The van der Waals surface area contributed by atoms with Gasteiger partial charge in [0.2, 0.25) is 0 Å². The van der Waals surface area contributed by atoms with Crippen LogP contribution < -0.4 is 4.74 Å². The van der Waals surface area contributed by atoms with Crippen LogP contribution in [0.3, 0.4) is 0 Å². The van der Waals surface area contributed by atoms with Crippen molar-refractivity contribution in [2.24, 2.45) is 5.92 Å². The molecule has 1 N–H and O–H groups in total. The zero-order valence-corrected chi connectivity index (χ0v) is 11.2. The van der Waals surface area contributed by atoms with E-state index in [1.165, 1.54) is 18.9 Å². The highest BCUT2D eigenvalue weighted by Gasteiger charge is 2.09. The van der Waals surface area contributed by atoms with Gasteiger partial charge in [0.1, 0.15) is 6.29 Å². The largest absolute Gasteiger partial charge is 0.504 e. The number of carbonyl (C=O) groups excluding carboxylic acids is 1. The molecule has 0 bridgehead atoms. The summed E-state index contributed by atoms with van der Waals surface area (Å²) in [5, 5.41) is 9.70. The molecule has 1 aromatic carbocycles. The van der Waals surface area contributed by atoms with E-state index in [4.69, 9.17) is 4.74 Å². The average molecular weight is 250 g/mol. The van der Waals surface area contributed by atoms with Crippen molar-refractivity contribution in [3.05, 3.63) is 23.8 Å². The Hall–Kier alpha value is -1.51. The van der Waals surface area contributed by atoms with E-state index in [1.54, 1.807) is 12.1 Å². The normalized spacial score (nSPS) is 12.1. The van der Waals surface area contributed by atoms with E-state index in [1.807, 2.05) is 0 Å². The maximum absolute atomic E-state index is 10.5. The summed E-state index contributed by atoms with van der Waals surface area (Å²) in [5.74, 6) is 1.01. The molecular weight excluding hydrogens is 228 g/mol. The lowest BCUT2D eigenvalue weighted by Crippen LogP contribution is -2.11. The number of phenols is 1. The van der Waals surface area contributed by atoms with Gasteiger partial charge < -0.3 is 9.84 Å². The van der Waals surface area contributed by atoms with Crippen LogP contribution >= 0.6 is 0 Å². The Morgan fingerprint density at radius 3 is 2.72 bits per heavy atom. The number of aldehydes is 1. The highest BCUT2D eigenvalue weighted by Crippen LogP contribution is 2.27. The third-order valence-corrected chi connectivity index (χ3v) is 3.14. The lowest BCUT2D eigenvalue weighted by atomic mass is 10.0. The van der Waals surface area contributed by atoms with Crippen LogP contribution in [0, 0.1) is 5.92 Å². The fraction of sp³-hybridized carbons (Fsp3) is 0.533. The minimum absolute atomic E-state index is 0.0324. The molecule has 18 heavy (non-hydrogen) atoms. The fourth-order valence-corrected chi connectivity index (χ4v) is 1.84. The van der Waals surface area contributed by atoms with Crippen molar-refractivity contribution in [2.75, 3.05) is 6.61 Å². The van der Waals surface area contributed by atoms with E-state index in [0.29, 0.717) is 30.1 Å². The number of unbranched alkanes of at least 4 members (excludes halogenated alkanes) is 1. The second kappa shape index (κ2) is 7.75. The van der Waals surface area contributed by atoms with Crippen molar-refractivity contribution >= 4 is 6.29 Å². The van der Waals surface area contributed by atoms with Crippen LogP contribution in [0.1, 0.15) is 49.9 Å². The summed E-state index contributed by atoms with van der Waals surface area (Å²) in [4.78, 5) is 10.5. The first-order valence-electron chi connectivity index (χ1n) is 6.62. The summed E-state index contributed by atoms with van der Waals surface area (Å²) in [6, 6.07) is 4.72. The van der Waals surface area contributed by atoms with Gasteiger partial charge in [0.15, 0.2) is 11.5 Å². The topological polar surface area (TPSA) is 46.5 Å². The molecule has 3 nitrogen and oxygen atoms in total. The molecule has 1 rings (SSSR count). The second-order valence-electron chi connectivity index (χ2n) is 4.57. The van der Waals surface area contributed by atoms with Crippen LogP contribution in [0.4, 0.5) is 0 Å². The van der Waals surface area contributed by atoms with Crippen LogP contribution in [0.2, 0.25) is 0 Å². The van der Waals surface area contributed by atoms with Gasteiger partial charge in [-0.05, 0) is 30.5 Å². The molecule has 0 aromatic heterocycles. The van der Waals surface area contributed by atoms with Crippen LogP contribution in [0.15, 0.2) is 18.2 Å². The molecule has 1 atom stereocenters. The average Bonchev–Trinajstić information content (AvgIpc) is 2.40. The molecule has 100 valence electrons. The lowest BCUT2D eigenvalue weighted by Gasteiger charge is -2.16. The molecule has 0 heterocycles. The van der Waals surface area contributed by atoms with Gasteiger partial charge >= 0.3 is 0 Å². The minimum atomic E-state index is 0.0324. The van der Waals surface area contributed by atoms with Gasteiger partial charge in [-0.1, -0.05) is 33.1 Å². The van der Waals surface area contributed by atoms with E-state index >= 15 is 0 Å². The smallest absolute Gasteiger partial charge is 0.160 e. The molecule has 1 aromatic rings. The Labute approximate surface area is 109 Å². The number of carbonyl (C=O) groups is 1. The summed E-state index contributed by atoms with van der Waals surface area (Å²) in [6.07, 6.45) is 5.33. The molecule has 0 amide bonds. The van der Waals surface area contributed by atoms with Gasteiger partial charge in [-0.2, -0.15) is 0 Å². The number of phenolic OH excluding ortho intramolecular Hbond substituents is 1. The zero-order valence-electron chi connectivity index (χ0n) is 11.2. The summed E-state index contributed by atoms with van der Waals surface area (Å²) >= 11 is 0. The van der Waals surface area contributed by atoms with Crippen molar-refractivity contribution in [2.45, 2.75) is 39.5 Å². The molecular formula is C15H22O3. The molecule has 0 aliphatic heterocycles. The predicted octanol–water partition coefficient (Wildman–Crippen LogP) is 3.80. The minimum Gasteiger partial charge on any atom is -0.504 e. The molecule has 0 spiro atoms. The molecule has 0 aliphatic carbocycles. The first kappa shape index (κ1) is 14.6. The van der Waals surface area contributed by atoms with E-state index < -0.39 is 0 Å². The zero-order chi connectivity index (χ0) is 13.4.